The Morgan fingerprint density at radius 1 is 0.893 bits per heavy atom. The van der Waals surface area contributed by atoms with Crippen molar-refractivity contribution in [2.45, 2.75) is 26.7 Å². The molecule has 0 aromatic heterocycles. The van der Waals surface area contributed by atoms with Crippen LogP contribution < -0.4 is 21.3 Å². The Balaban J connectivity index is 1.88. The van der Waals surface area contributed by atoms with Gasteiger partial charge in [-0.3, -0.25) is 14.4 Å². The van der Waals surface area contributed by atoms with Gasteiger partial charge < -0.3 is 21.3 Å². The van der Waals surface area contributed by atoms with E-state index in [1.807, 2.05) is 0 Å². The quantitative estimate of drug-likeness (QED) is 0.500. The van der Waals surface area contributed by atoms with Crippen LogP contribution in [-0.4, -0.2) is 30.8 Å². The molecule has 2 aromatic carbocycles. The predicted molar refractivity (Wildman–Crippen MR) is 112 cm³/mol. The number of unbranched alkanes of at least 4 members (excludes halogenated alkanes) is 1. The summed E-state index contributed by atoms with van der Waals surface area (Å²) in [5.41, 5.74) is 2.43. The molecule has 2 aromatic rings. The highest BCUT2D eigenvalue weighted by molar-refractivity contribution is 5.98. The molecule has 0 radical (unpaired) electrons. The van der Waals surface area contributed by atoms with E-state index < -0.39 is 0 Å². The average molecular weight is 382 g/mol. The third kappa shape index (κ3) is 7.11. The predicted octanol–water partition coefficient (Wildman–Crippen LogP) is 3.23. The Kier molecular flexibility index (Phi) is 8.02. The number of carbonyl (C=O) groups is 3. The van der Waals surface area contributed by atoms with Gasteiger partial charge in [-0.1, -0.05) is 25.5 Å². The van der Waals surface area contributed by atoms with Crippen LogP contribution in [0.25, 0.3) is 0 Å². The second-order valence-electron chi connectivity index (χ2n) is 6.35. The molecule has 0 saturated heterocycles. The first-order chi connectivity index (χ1) is 13.5. The molecular formula is C21H26N4O3. The molecule has 7 nitrogen and oxygen atoms in total. The maximum absolute atomic E-state index is 12.2. The lowest BCUT2D eigenvalue weighted by Gasteiger charge is -2.10. The van der Waals surface area contributed by atoms with E-state index in [1.54, 1.807) is 48.5 Å². The highest BCUT2D eigenvalue weighted by Gasteiger charge is 2.08. The summed E-state index contributed by atoms with van der Waals surface area (Å²) < 4.78 is 0. The molecule has 0 saturated carbocycles. The molecule has 0 heterocycles. The monoisotopic (exact) mass is 382 g/mol. The van der Waals surface area contributed by atoms with Crippen LogP contribution in [0.1, 0.15) is 37.0 Å². The van der Waals surface area contributed by atoms with Gasteiger partial charge >= 0.3 is 0 Å². The third-order valence-corrected chi connectivity index (χ3v) is 3.86. The topological polar surface area (TPSA) is 99.3 Å². The maximum Gasteiger partial charge on any atom is 0.251 e. The summed E-state index contributed by atoms with van der Waals surface area (Å²) in [5.74, 6) is -0.556. The van der Waals surface area contributed by atoms with E-state index in [9.17, 15) is 14.4 Å². The molecule has 0 aliphatic rings. The van der Waals surface area contributed by atoms with Gasteiger partial charge in [-0.15, -0.1) is 0 Å². The second-order valence-corrected chi connectivity index (χ2v) is 6.35. The Morgan fingerprint density at radius 2 is 1.57 bits per heavy atom. The van der Waals surface area contributed by atoms with E-state index in [-0.39, 0.29) is 24.3 Å². The van der Waals surface area contributed by atoms with Crippen molar-refractivity contribution in [3.8, 4) is 0 Å². The number of benzene rings is 2. The minimum absolute atomic E-state index is 0.0520. The number of nitrogens with one attached hydrogen (secondary N) is 4. The van der Waals surface area contributed by atoms with Crippen molar-refractivity contribution in [1.29, 1.82) is 0 Å². The lowest BCUT2D eigenvalue weighted by molar-refractivity contribution is -0.115. The summed E-state index contributed by atoms with van der Waals surface area (Å²) >= 11 is 0. The lowest BCUT2D eigenvalue weighted by atomic mass is 10.2. The standard InChI is InChI=1S/C21H26N4O3/c1-3-4-11-22-21(28)16-7-5-9-18(12-16)25-20(27)14-23-17-8-6-10-19(13-17)24-15(2)26/h5-10,12-13,23H,3-4,11,14H2,1-2H3,(H,22,28)(H,24,26)(H,25,27). The minimum Gasteiger partial charge on any atom is -0.376 e. The molecule has 3 amide bonds. The smallest absolute Gasteiger partial charge is 0.251 e. The molecular weight excluding hydrogens is 356 g/mol. The Labute approximate surface area is 164 Å². The highest BCUT2D eigenvalue weighted by atomic mass is 16.2. The highest BCUT2D eigenvalue weighted by Crippen LogP contribution is 2.15. The maximum atomic E-state index is 12.2. The molecule has 148 valence electrons. The van der Waals surface area contributed by atoms with E-state index >= 15 is 0 Å². The van der Waals surface area contributed by atoms with Crippen molar-refractivity contribution in [2.75, 3.05) is 29.0 Å². The van der Waals surface area contributed by atoms with Gasteiger partial charge in [-0.05, 0) is 42.8 Å². The first-order valence-corrected chi connectivity index (χ1v) is 9.27. The van der Waals surface area contributed by atoms with Crippen molar-refractivity contribution in [2.24, 2.45) is 0 Å². The van der Waals surface area contributed by atoms with Crippen LogP contribution in [0, 0.1) is 0 Å². The molecule has 0 fully saturated rings. The molecule has 28 heavy (non-hydrogen) atoms. The van der Waals surface area contributed by atoms with E-state index in [2.05, 4.69) is 28.2 Å². The van der Waals surface area contributed by atoms with Gasteiger partial charge in [-0.25, -0.2) is 0 Å². The summed E-state index contributed by atoms with van der Waals surface area (Å²) in [6.45, 7) is 4.18. The van der Waals surface area contributed by atoms with Gasteiger partial charge in [0.15, 0.2) is 0 Å². The summed E-state index contributed by atoms with van der Waals surface area (Å²) in [7, 11) is 0. The second kappa shape index (κ2) is 10.7. The molecule has 2 rings (SSSR count). The molecule has 4 N–H and O–H groups in total. The first-order valence-electron chi connectivity index (χ1n) is 9.27. The summed E-state index contributed by atoms with van der Waals surface area (Å²) in [6.07, 6.45) is 1.94. The molecule has 0 spiro atoms. The van der Waals surface area contributed by atoms with E-state index in [0.717, 1.165) is 12.8 Å². The minimum atomic E-state index is -0.242. The van der Waals surface area contributed by atoms with Gasteiger partial charge in [0.2, 0.25) is 11.8 Å². The summed E-state index contributed by atoms with van der Waals surface area (Å²) in [5, 5.41) is 11.3. The molecule has 0 aliphatic heterocycles. The van der Waals surface area contributed by atoms with Crippen molar-refractivity contribution in [3.63, 3.8) is 0 Å². The van der Waals surface area contributed by atoms with Crippen LogP contribution in [0.4, 0.5) is 17.1 Å². The van der Waals surface area contributed by atoms with Crippen LogP contribution in [0.5, 0.6) is 0 Å². The molecule has 0 unspecified atom stereocenters. The first kappa shape index (κ1) is 21.0. The summed E-state index contributed by atoms with van der Waals surface area (Å²) in [4.78, 5) is 35.4. The average Bonchev–Trinajstić information content (AvgIpc) is 2.66. The number of carbonyl (C=O) groups excluding carboxylic acids is 3. The zero-order valence-corrected chi connectivity index (χ0v) is 16.2. The van der Waals surface area contributed by atoms with Crippen molar-refractivity contribution >= 4 is 34.8 Å². The lowest BCUT2D eigenvalue weighted by Crippen LogP contribution is -2.25. The fourth-order valence-corrected chi connectivity index (χ4v) is 2.52. The SMILES string of the molecule is CCCCNC(=O)c1cccc(NC(=O)CNc2cccc(NC(C)=O)c2)c1. The van der Waals surface area contributed by atoms with Gasteiger partial charge in [0.25, 0.3) is 5.91 Å². The number of rotatable bonds is 9. The third-order valence-electron chi connectivity index (χ3n) is 3.86. The van der Waals surface area contributed by atoms with E-state index in [1.165, 1.54) is 6.92 Å². The normalized spacial score (nSPS) is 10.1. The number of amides is 3. The van der Waals surface area contributed by atoms with Gasteiger partial charge in [0, 0.05) is 36.1 Å². The largest absolute Gasteiger partial charge is 0.376 e. The van der Waals surface area contributed by atoms with Gasteiger partial charge in [0.05, 0.1) is 6.54 Å². The Hall–Kier alpha value is -3.35. The van der Waals surface area contributed by atoms with Crippen LogP contribution >= 0.6 is 0 Å². The van der Waals surface area contributed by atoms with Crippen molar-refractivity contribution < 1.29 is 14.4 Å². The van der Waals surface area contributed by atoms with Crippen molar-refractivity contribution in [3.05, 3.63) is 54.1 Å². The molecule has 0 bridgehead atoms. The van der Waals surface area contributed by atoms with Gasteiger partial charge in [-0.2, -0.15) is 0 Å². The molecule has 0 aliphatic carbocycles. The van der Waals surface area contributed by atoms with Gasteiger partial charge in [0.1, 0.15) is 0 Å². The number of anilines is 3. The van der Waals surface area contributed by atoms with E-state index in [0.29, 0.717) is 29.2 Å². The summed E-state index contributed by atoms with van der Waals surface area (Å²) in [6, 6.07) is 13.9. The van der Waals surface area contributed by atoms with Crippen LogP contribution in [0.15, 0.2) is 48.5 Å². The van der Waals surface area contributed by atoms with Crippen molar-refractivity contribution in [1.82, 2.24) is 5.32 Å². The number of hydrogen-bond acceptors (Lipinski definition) is 4. The van der Waals surface area contributed by atoms with Crippen LogP contribution in [-0.2, 0) is 9.59 Å². The Morgan fingerprint density at radius 3 is 2.29 bits per heavy atom. The van der Waals surface area contributed by atoms with E-state index in [4.69, 9.17) is 0 Å². The Bertz CT molecular complexity index is 836. The van der Waals surface area contributed by atoms with Crippen LogP contribution in [0.3, 0.4) is 0 Å². The zero-order chi connectivity index (χ0) is 20.4. The zero-order valence-electron chi connectivity index (χ0n) is 16.2. The van der Waals surface area contributed by atoms with Crippen LogP contribution in [0.2, 0.25) is 0 Å². The fourth-order valence-electron chi connectivity index (χ4n) is 2.52. The fraction of sp³-hybridized carbons (Fsp3) is 0.286. The number of hydrogen-bond donors (Lipinski definition) is 4. The molecule has 7 heteroatoms. The molecule has 0 atom stereocenters.